The molecule has 1 amide bonds. The number of hydrogen-bond donors (Lipinski definition) is 0. The minimum Gasteiger partial charge on any atom is -0.334 e. The van der Waals surface area contributed by atoms with Crippen LogP contribution >= 0.6 is 11.8 Å². The van der Waals surface area contributed by atoms with E-state index in [1.165, 1.54) is 56.7 Å². The first kappa shape index (κ1) is 12.3. The lowest BCUT2D eigenvalue weighted by molar-refractivity contribution is 0.146. The van der Waals surface area contributed by atoms with E-state index in [0.29, 0.717) is 0 Å². The molecule has 16 heavy (non-hydrogen) atoms. The Morgan fingerprint density at radius 3 is 2.12 bits per heavy atom. The number of carbonyl (C=O) groups is 1. The monoisotopic (exact) mass is 241 g/mol. The summed E-state index contributed by atoms with van der Waals surface area (Å²) in [5, 5.41) is 0.266. The van der Waals surface area contributed by atoms with Gasteiger partial charge in [0.2, 0.25) is 0 Å². The summed E-state index contributed by atoms with van der Waals surface area (Å²) in [6.07, 6.45) is 11.6. The second kappa shape index (κ2) is 5.95. The number of thioether (sulfide) groups is 1. The molecular weight excluding hydrogens is 218 g/mol. The van der Waals surface area contributed by atoms with Crippen molar-refractivity contribution in [2.24, 2.45) is 11.8 Å². The summed E-state index contributed by atoms with van der Waals surface area (Å²) in [4.78, 5) is 13.6. The number of piperidine rings is 1. The summed E-state index contributed by atoms with van der Waals surface area (Å²) >= 11 is 1.36. The number of carbonyl (C=O) groups excluding carboxylic acids is 1. The van der Waals surface area contributed by atoms with Gasteiger partial charge in [0.15, 0.2) is 0 Å². The molecule has 0 unspecified atom stereocenters. The first-order chi connectivity index (χ1) is 7.81. The normalized spacial score (nSPS) is 24.7. The van der Waals surface area contributed by atoms with Gasteiger partial charge in [0.25, 0.3) is 5.24 Å². The fraction of sp³-hybridized carbons (Fsp3) is 0.923. The predicted octanol–water partition coefficient (Wildman–Crippen LogP) is 3.76. The molecule has 0 radical (unpaired) electrons. The molecule has 1 aliphatic heterocycles. The topological polar surface area (TPSA) is 20.3 Å². The molecule has 0 atom stereocenters. The molecule has 92 valence electrons. The zero-order valence-corrected chi connectivity index (χ0v) is 11.1. The number of amides is 1. The first-order valence-corrected chi connectivity index (χ1v) is 7.86. The molecule has 3 heteroatoms. The molecule has 0 aromatic carbocycles. The molecule has 1 saturated carbocycles. The molecule has 0 spiro atoms. The Bertz CT molecular complexity index is 230. The van der Waals surface area contributed by atoms with E-state index in [2.05, 4.69) is 0 Å². The van der Waals surface area contributed by atoms with Crippen LogP contribution in [0.5, 0.6) is 0 Å². The highest BCUT2D eigenvalue weighted by Gasteiger charge is 2.28. The molecule has 2 fully saturated rings. The Hall–Kier alpha value is -0.180. The second-order valence-electron chi connectivity index (χ2n) is 5.19. The Kier molecular flexibility index (Phi) is 4.56. The van der Waals surface area contributed by atoms with Gasteiger partial charge >= 0.3 is 0 Å². The summed E-state index contributed by atoms with van der Waals surface area (Å²) in [5.74, 6) is 1.88. The first-order valence-electron chi connectivity index (χ1n) is 6.64. The van der Waals surface area contributed by atoms with Crippen LogP contribution in [0.1, 0.15) is 44.9 Å². The van der Waals surface area contributed by atoms with Gasteiger partial charge in [-0.2, -0.15) is 0 Å². The highest BCUT2D eigenvalue weighted by molar-refractivity contribution is 8.12. The molecular formula is C13H23NOS. The summed E-state index contributed by atoms with van der Waals surface area (Å²) in [5.41, 5.74) is 0. The fourth-order valence-corrected chi connectivity index (χ4v) is 3.73. The standard InChI is InChI=1S/C13H23NOS/c1-16-13(15)14-9-7-12(8-10-14)11-5-3-2-4-6-11/h11-12H,2-10H2,1H3. The van der Waals surface area contributed by atoms with Gasteiger partial charge in [-0.3, -0.25) is 4.79 Å². The zero-order chi connectivity index (χ0) is 11.4. The maximum Gasteiger partial charge on any atom is 0.281 e. The van der Waals surface area contributed by atoms with E-state index in [0.717, 1.165) is 24.9 Å². The molecule has 1 aliphatic carbocycles. The number of rotatable bonds is 1. The SMILES string of the molecule is CSC(=O)N1CCC(C2CCCCC2)CC1. The van der Waals surface area contributed by atoms with Gasteiger partial charge in [0.1, 0.15) is 0 Å². The molecule has 2 rings (SSSR count). The summed E-state index contributed by atoms with van der Waals surface area (Å²) in [6.45, 7) is 2.00. The summed E-state index contributed by atoms with van der Waals surface area (Å²) in [7, 11) is 0. The largest absolute Gasteiger partial charge is 0.334 e. The van der Waals surface area contributed by atoms with E-state index in [9.17, 15) is 4.79 Å². The molecule has 2 nitrogen and oxygen atoms in total. The van der Waals surface area contributed by atoms with Gasteiger partial charge in [0.05, 0.1) is 0 Å². The Balaban J connectivity index is 1.78. The minimum absolute atomic E-state index is 0.266. The lowest BCUT2D eigenvalue weighted by Gasteiger charge is -2.37. The highest BCUT2D eigenvalue weighted by Crippen LogP contribution is 2.35. The van der Waals surface area contributed by atoms with Crippen molar-refractivity contribution in [1.29, 1.82) is 0 Å². The van der Waals surface area contributed by atoms with Gasteiger partial charge in [-0.15, -0.1) is 0 Å². The van der Waals surface area contributed by atoms with Crippen LogP contribution < -0.4 is 0 Å². The molecule has 1 saturated heterocycles. The van der Waals surface area contributed by atoms with E-state index in [-0.39, 0.29) is 5.24 Å². The van der Waals surface area contributed by atoms with Crippen molar-refractivity contribution >= 4 is 17.0 Å². The zero-order valence-electron chi connectivity index (χ0n) is 10.3. The van der Waals surface area contributed by atoms with E-state index in [4.69, 9.17) is 0 Å². The second-order valence-corrected chi connectivity index (χ2v) is 5.95. The average Bonchev–Trinajstić information content (AvgIpc) is 2.39. The van der Waals surface area contributed by atoms with Crippen LogP contribution in [0, 0.1) is 11.8 Å². The molecule has 0 bridgehead atoms. The van der Waals surface area contributed by atoms with Crippen LogP contribution in [-0.2, 0) is 0 Å². The van der Waals surface area contributed by atoms with Crippen molar-refractivity contribution in [3.63, 3.8) is 0 Å². The summed E-state index contributed by atoms with van der Waals surface area (Å²) < 4.78 is 0. The Morgan fingerprint density at radius 1 is 1.00 bits per heavy atom. The highest BCUT2D eigenvalue weighted by atomic mass is 32.2. The summed E-state index contributed by atoms with van der Waals surface area (Å²) in [6, 6.07) is 0. The van der Waals surface area contributed by atoms with Crippen LogP contribution in [0.25, 0.3) is 0 Å². The maximum absolute atomic E-state index is 11.5. The van der Waals surface area contributed by atoms with Crippen molar-refractivity contribution in [3.8, 4) is 0 Å². The van der Waals surface area contributed by atoms with E-state index >= 15 is 0 Å². The third kappa shape index (κ3) is 2.93. The van der Waals surface area contributed by atoms with Crippen LogP contribution in [-0.4, -0.2) is 29.5 Å². The van der Waals surface area contributed by atoms with Crippen LogP contribution in [0.2, 0.25) is 0 Å². The van der Waals surface area contributed by atoms with Crippen molar-refractivity contribution in [1.82, 2.24) is 4.90 Å². The van der Waals surface area contributed by atoms with Crippen LogP contribution in [0.15, 0.2) is 0 Å². The third-order valence-electron chi connectivity index (χ3n) is 4.29. The van der Waals surface area contributed by atoms with E-state index in [1.807, 2.05) is 11.2 Å². The van der Waals surface area contributed by atoms with Crippen molar-refractivity contribution < 1.29 is 4.79 Å². The van der Waals surface area contributed by atoms with Gasteiger partial charge in [-0.25, -0.2) is 0 Å². The number of nitrogens with zero attached hydrogens (tertiary/aromatic N) is 1. The van der Waals surface area contributed by atoms with Crippen LogP contribution in [0.3, 0.4) is 0 Å². The van der Waals surface area contributed by atoms with Crippen molar-refractivity contribution in [2.45, 2.75) is 44.9 Å². The van der Waals surface area contributed by atoms with Gasteiger partial charge in [-0.05, 0) is 30.9 Å². The van der Waals surface area contributed by atoms with Crippen molar-refractivity contribution in [3.05, 3.63) is 0 Å². The van der Waals surface area contributed by atoms with E-state index in [1.54, 1.807) is 0 Å². The lowest BCUT2D eigenvalue weighted by Crippen LogP contribution is -2.38. The third-order valence-corrected chi connectivity index (χ3v) is 4.90. The molecule has 0 N–H and O–H groups in total. The minimum atomic E-state index is 0.266. The molecule has 0 aromatic heterocycles. The molecule has 0 aromatic rings. The van der Waals surface area contributed by atoms with Gasteiger partial charge in [-0.1, -0.05) is 43.9 Å². The average molecular weight is 241 g/mol. The van der Waals surface area contributed by atoms with Gasteiger partial charge in [0, 0.05) is 13.1 Å². The Labute approximate surface area is 103 Å². The fourth-order valence-electron chi connectivity index (χ4n) is 3.29. The quantitative estimate of drug-likeness (QED) is 0.696. The Morgan fingerprint density at radius 2 is 1.56 bits per heavy atom. The maximum atomic E-state index is 11.5. The molecule has 1 heterocycles. The van der Waals surface area contributed by atoms with Gasteiger partial charge < -0.3 is 4.90 Å². The lowest BCUT2D eigenvalue weighted by atomic mass is 9.76. The predicted molar refractivity (Wildman–Crippen MR) is 69.8 cm³/mol. The molecule has 2 aliphatic rings. The van der Waals surface area contributed by atoms with E-state index < -0.39 is 0 Å². The van der Waals surface area contributed by atoms with Crippen molar-refractivity contribution in [2.75, 3.05) is 19.3 Å². The number of likely N-dealkylation sites (tertiary alicyclic amines) is 1. The number of hydrogen-bond acceptors (Lipinski definition) is 2. The smallest absolute Gasteiger partial charge is 0.281 e. The van der Waals surface area contributed by atoms with Crippen LogP contribution in [0.4, 0.5) is 4.79 Å².